The number of rotatable bonds is 12. The zero-order chi connectivity index (χ0) is 23.5. The highest BCUT2D eigenvalue weighted by molar-refractivity contribution is 5.82. The molecule has 1 saturated carbocycles. The van der Waals surface area contributed by atoms with Crippen LogP contribution in [0, 0.1) is 0 Å². The van der Waals surface area contributed by atoms with Crippen molar-refractivity contribution in [2.45, 2.75) is 44.9 Å². The maximum Gasteiger partial charge on any atom is 0.119 e. The number of hydrogen-bond donors (Lipinski definition) is 0. The molecule has 4 nitrogen and oxygen atoms in total. The van der Waals surface area contributed by atoms with Gasteiger partial charge in [-0.3, -0.25) is 0 Å². The molecule has 33 heavy (non-hydrogen) atoms. The maximum atomic E-state index is 5.96. The van der Waals surface area contributed by atoms with Crippen LogP contribution in [0.2, 0.25) is 0 Å². The van der Waals surface area contributed by atoms with E-state index in [4.69, 9.17) is 9.47 Å². The zero-order valence-electron chi connectivity index (χ0n) is 21.1. The summed E-state index contributed by atoms with van der Waals surface area (Å²) in [5, 5.41) is 0. The average Bonchev–Trinajstić information content (AvgIpc) is 2.82. The van der Waals surface area contributed by atoms with Gasteiger partial charge in [0.05, 0.1) is 13.2 Å². The third-order valence-electron chi connectivity index (χ3n) is 6.13. The van der Waals surface area contributed by atoms with Crippen LogP contribution >= 0.6 is 0 Å². The lowest BCUT2D eigenvalue weighted by Crippen LogP contribution is -2.15. The summed E-state index contributed by atoms with van der Waals surface area (Å²) in [6, 6.07) is 17.4. The molecule has 0 saturated heterocycles. The minimum atomic E-state index is 0.751. The molecule has 2 aromatic carbocycles. The fourth-order valence-corrected chi connectivity index (χ4v) is 4.38. The number of ether oxygens (including phenoxy) is 2. The van der Waals surface area contributed by atoms with Crippen molar-refractivity contribution in [1.29, 1.82) is 0 Å². The predicted octanol–water partition coefficient (Wildman–Crippen LogP) is 6.11. The molecule has 0 spiro atoms. The van der Waals surface area contributed by atoms with Crippen molar-refractivity contribution in [2.75, 3.05) is 54.5 Å². The van der Waals surface area contributed by atoms with Gasteiger partial charge in [0.15, 0.2) is 0 Å². The maximum absolute atomic E-state index is 5.96. The van der Waals surface area contributed by atoms with Gasteiger partial charge in [-0.25, -0.2) is 0 Å². The van der Waals surface area contributed by atoms with Crippen molar-refractivity contribution in [1.82, 2.24) is 9.80 Å². The molecule has 0 atom stereocenters. The Morgan fingerprint density at radius 1 is 0.636 bits per heavy atom. The van der Waals surface area contributed by atoms with Crippen LogP contribution in [-0.4, -0.2) is 64.3 Å². The Morgan fingerprint density at radius 3 is 1.45 bits per heavy atom. The number of nitrogens with zero attached hydrogens (tertiary/aromatic N) is 2. The second kappa shape index (κ2) is 13.4. The lowest BCUT2D eigenvalue weighted by Gasteiger charge is -2.21. The first-order chi connectivity index (χ1) is 16.0. The molecule has 0 unspecified atom stereocenters. The van der Waals surface area contributed by atoms with Crippen molar-refractivity contribution < 1.29 is 9.47 Å². The third kappa shape index (κ3) is 8.53. The van der Waals surface area contributed by atoms with Gasteiger partial charge in [0.1, 0.15) is 11.5 Å². The SMILES string of the molecule is CN(C)CCCOc1ccc(C(=C2CCCCC2)c2ccc(OCCCN(C)C)cc2)cc1. The van der Waals surface area contributed by atoms with E-state index in [0.29, 0.717) is 0 Å². The first kappa shape index (κ1) is 25.3. The molecular formula is C29H42N2O2. The summed E-state index contributed by atoms with van der Waals surface area (Å²) in [4.78, 5) is 4.38. The number of benzene rings is 2. The lowest BCUT2D eigenvalue weighted by molar-refractivity contribution is 0.281. The molecule has 1 aliphatic rings. The molecule has 0 aromatic heterocycles. The molecule has 4 heteroatoms. The van der Waals surface area contributed by atoms with Gasteiger partial charge in [-0.1, -0.05) is 36.3 Å². The quantitative estimate of drug-likeness (QED) is 0.364. The molecule has 3 rings (SSSR count). The van der Waals surface area contributed by atoms with E-state index in [2.05, 4.69) is 86.5 Å². The van der Waals surface area contributed by atoms with Gasteiger partial charge < -0.3 is 19.3 Å². The van der Waals surface area contributed by atoms with Crippen LogP contribution in [0.3, 0.4) is 0 Å². The summed E-state index contributed by atoms with van der Waals surface area (Å²) in [5.74, 6) is 1.90. The summed E-state index contributed by atoms with van der Waals surface area (Å²) in [6.45, 7) is 3.59. The van der Waals surface area contributed by atoms with E-state index in [1.165, 1.54) is 48.8 Å². The van der Waals surface area contributed by atoms with Crippen molar-refractivity contribution >= 4 is 5.57 Å². The molecule has 180 valence electrons. The molecule has 0 heterocycles. The van der Waals surface area contributed by atoms with Gasteiger partial charge >= 0.3 is 0 Å². The second-order valence-electron chi connectivity index (χ2n) is 9.60. The summed E-state index contributed by atoms with van der Waals surface area (Å²) in [7, 11) is 8.38. The number of hydrogen-bond acceptors (Lipinski definition) is 4. The van der Waals surface area contributed by atoms with Gasteiger partial charge in [-0.05, 0) is 108 Å². The first-order valence-electron chi connectivity index (χ1n) is 12.5. The summed E-state index contributed by atoms with van der Waals surface area (Å²) < 4.78 is 11.9. The standard InChI is InChI=1S/C29H42N2O2/c1-30(2)20-8-22-32-27-16-12-25(13-17-27)29(24-10-6-5-7-11-24)26-14-18-28(19-15-26)33-23-9-21-31(3)4/h12-19H,5-11,20-23H2,1-4H3. The molecule has 2 aromatic rings. The van der Waals surface area contributed by atoms with Crippen molar-refractivity contribution in [3.05, 3.63) is 65.2 Å². The van der Waals surface area contributed by atoms with Gasteiger partial charge in [0, 0.05) is 13.1 Å². The van der Waals surface area contributed by atoms with E-state index < -0.39 is 0 Å². The fraction of sp³-hybridized carbons (Fsp3) is 0.517. The van der Waals surface area contributed by atoms with Crippen LogP contribution in [0.15, 0.2) is 54.1 Å². The topological polar surface area (TPSA) is 24.9 Å². The van der Waals surface area contributed by atoms with Crippen molar-refractivity contribution in [3.63, 3.8) is 0 Å². The van der Waals surface area contributed by atoms with E-state index in [9.17, 15) is 0 Å². The summed E-state index contributed by atoms with van der Waals surface area (Å²) >= 11 is 0. The van der Waals surface area contributed by atoms with Crippen LogP contribution in [0.4, 0.5) is 0 Å². The molecule has 0 bridgehead atoms. The Labute approximate surface area is 201 Å². The molecule has 0 amide bonds. The number of allylic oxidation sites excluding steroid dienone is 1. The van der Waals surface area contributed by atoms with Crippen LogP contribution in [0.5, 0.6) is 11.5 Å². The van der Waals surface area contributed by atoms with Crippen LogP contribution in [0.1, 0.15) is 56.1 Å². The smallest absolute Gasteiger partial charge is 0.119 e. The van der Waals surface area contributed by atoms with Gasteiger partial charge in [-0.2, -0.15) is 0 Å². The highest BCUT2D eigenvalue weighted by Crippen LogP contribution is 2.36. The monoisotopic (exact) mass is 450 g/mol. The van der Waals surface area contributed by atoms with E-state index in [0.717, 1.165) is 50.6 Å². The Bertz CT molecular complexity index is 785. The predicted molar refractivity (Wildman–Crippen MR) is 139 cm³/mol. The molecule has 0 aliphatic heterocycles. The second-order valence-corrected chi connectivity index (χ2v) is 9.60. The zero-order valence-corrected chi connectivity index (χ0v) is 21.1. The van der Waals surface area contributed by atoms with E-state index in [1.807, 2.05) is 0 Å². The van der Waals surface area contributed by atoms with Gasteiger partial charge in [-0.15, -0.1) is 0 Å². The van der Waals surface area contributed by atoms with E-state index >= 15 is 0 Å². The first-order valence-corrected chi connectivity index (χ1v) is 12.5. The van der Waals surface area contributed by atoms with Crippen LogP contribution in [0.25, 0.3) is 5.57 Å². The average molecular weight is 451 g/mol. The Kier molecular flexibility index (Phi) is 10.3. The highest BCUT2D eigenvalue weighted by Gasteiger charge is 2.15. The van der Waals surface area contributed by atoms with Gasteiger partial charge in [0.25, 0.3) is 0 Å². The summed E-state index contributed by atoms with van der Waals surface area (Å²) in [5.41, 5.74) is 5.55. The van der Waals surface area contributed by atoms with E-state index in [-0.39, 0.29) is 0 Å². The minimum absolute atomic E-state index is 0.751. The third-order valence-corrected chi connectivity index (χ3v) is 6.13. The Hall–Kier alpha value is -2.30. The molecule has 1 fully saturated rings. The molecule has 1 aliphatic carbocycles. The lowest BCUT2D eigenvalue weighted by atomic mass is 9.85. The highest BCUT2D eigenvalue weighted by atomic mass is 16.5. The van der Waals surface area contributed by atoms with Crippen molar-refractivity contribution in [2.24, 2.45) is 0 Å². The Balaban J connectivity index is 1.71. The molecule has 0 N–H and O–H groups in total. The van der Waals surface area contributed by atoms with Crippen molar-refractivity contribution in [3.8, 4) is 11.5 Å². The normalized spacial score (nSPS) is 14.1. The molecule has 0 radical (unpaired) electrons. The van der Waals surface area contributed by atoms with E-state index in [1.54, 1.807) is 5.57 Å². The Morgan fingerprint density at radius 2 is 1.06 bits per heavy atom. The molecular weight excluding hydrogens is 408 g/mol. The van der Waals surface area contributed by atoms with Crippen LogP contribution in [-0.2, 0) is 0 Å². The van der Waals surface area contributed by atoms with Crippen LogP contribution < -0.4 is 9.47 Å². The fourth-order valence-electron chi connectivity index (χ4n) is 4.38. The van der Waals surface area contributed by atoms with Gasteiger partial charge in [0.2, 0.25) is 0 Å². The largest absolute Gasteiger partial charge is 0.494 e. The summed E-state index contributed by atoms with van der Waals surface area (Å²) in [6.07, 6.45) is 8.39. The minimum Gasteiger partial charge on any atom is -0.494 e.